The third-order valence-corrected chi connectivity index (χ3v) is 3.38. The highest BCUT2D eigenvalue weighted by molar-refractivity contribution is 5.92. The number of aromatic nitrogens is 1. The molecule has 1 aromatic heterocycles. The Labute approximate surface area is 132 Å². The third kappa shape index (κ3) is 5.15. The van der Waals surface area contributed by atoms with Gasteiger partial charge in [-0.15, -0.1) is 24.8 Å². The fourth-order valence-corrected chi connectivity index (χ4v) is 1.89. The first-order valence-corrected chi connectivity index (χ1v) is 6.30. The number of nitrogens with two attached hydrogens (primary N) is 1. The molecule has 1 heterocycles. The summed E-state index contributed by atoms with van der Waals surface area (Å²) in [6, 6.07) is 6.10. The number of nitrogen functional groups attached to an aromatic ring is 1. The van der Waals surface area contributed by atoms with Crippen LogP contribution in [0.2, 0.25) is 0 Å². The van der Waals surface area contributed by atoms with Gasteiger partial charge in [0.1, 0.15) is 11.5 Å². The smallest absolute Gasteiger partial charge is 0.270 e. The second-order valence-corrected chi connectivity index (χ2v) is 4.90. The Hall–Kier alpha value is -1.04. The number of pyridine rings is 1. The van der Waals surface area contributed by atoms with Crippen LogP contribution in [-0.4, -0.2) is 41.5 Å². The van der Waals surface area contributed by atoms with E-state index in [9.17, 15) is 4.79 Å². The number of amides is 1. The molecule has 0 bridgehead atoms. The molecule has 1 aliphatic rings. The van der Waals surface area contributed by atoms with Crippen LogP contribution in [0.5, 0.6) is 0 Å². The van der Waals surface area contributed by atoms with Gasteiger partial charge in [-0.3, -0.25) is 9.69 Å². The van der Waals surface area contributed by atoms with E-state index in [4.69, 9.17) is 5.73 Å². The SMILES string of the molecule is CC(CNC(=O)c1cccc(N)n1)N(C)C1CC1.Cl.Cl. The zero-order chi connectivity index (χ0) is 13.1. The van der Waals surface area contributed by atoms with Crippen molar-refractivity contribution in [2.75, 3.05) is 19.3 Å². The molecule has 0 aromatic carbocycles. The maximum Gasteiger partial charge on any atom is 0.270 e. The lowest BCUT2D eigenvalue weighted by Crippen LogP contribution is -2.41. The van der Waals surface area contributed by atoms with Crippen molar-refractivity contribution in [3.63, 3.8) is 0 Å². The number of hydrogen-bond donors (Lipinski definition) is 2. The summed E-state index contributed by atoms with van der Waals surface area (Å²) in [6.07, 6.45) is 2.54. The zero-order valence-electron chi connectivity index (χ0n) is 11.7. The summed E-state index contributed by atoms with van der Waals surface area (Å²) in [5, 5.41) is 2.89. The number of hydrogen-bond acceptors (Lipinski definition) is 4. The van der Waals surface area contributed by atoms with Crippen molar-refractivity contribution < 1.29 is 4.79 Å². The standard InChI is InChI=1S/C13H20N4O.2ClH/c1-9(17(2)10-6-7-10)8-15-13(18)11-4-3-5-12(14)16-11;;/h3-5,9-10H,6-8H2,1-2H3,(H2,14,16)(H,15,18);2*1H. The van der Waals surface area contributed by atoms with Crippen molar-refractivity contribution in [3.05, 3.63) is 23.9 Å². The van der Waals surface area contributed by atoms with E-state index in [1.165, 1.54) is 12.8 Å². The first-order valence-electron chi connectivity index (χ1n) is 6.30. The molecule has 114 valence electrons. The van der Waals surface area contributed by atoms with Crippen LogP contribution in [0, 0.1) is 0 Å². The van der Waals surface area contributed by atoms with Crippen molar-refractivity contribution in [2.24, 2.45) is 0 Å². The first-order chi connectivity index (χ1) is 8.58. The molecule has 1 unspecified atom stereocenters. The van der Waals surface area contributed by atoms with Gasteiger partial charge in [-0.1, -0.05) is 6.07 Å². The topological polar surface area (TPSA) is 71.2 Å². The largest absolute Gasteiger partial charge is 0.384 e. The Morgan fingerprint density at radius 3 is 2.70 bits per heavy atom. The Morgan fingerprint density at radius 1 is 1.50 bits per heavy atom. The lowest BCUT2D eigenvalue weighted by Gasteiger charge is -2.24. The van der Waals surface area contributed by atoms with E-state index in [-0.39, 0.29) is 30.7 Å². The van der Waals surface area contributed by atoms with Crippen LogP contribution >= 0.6 is 24.8 Å². The molecule has 1 aromatic rings. The van der Waals surface area contributed by atoms with Gasteiger partial charge in [0.25, 0.3) is 5.91 Å². The predicted octanol–water partition coefficient (Wildman–Crippen LogP) is 1.72. The maximum absolute atomic E-state index is 11.9. The fourth-order valence-electron chi connectivity index (χ4n) is 1.89. The molecule has 7 heteroatoms. The molecule has 2 rings (SSSR count). The average molecular weight is 321 g/mol. The number of carbonyl (C=O) groups excluding carboxylic acids is 1. The normalized spacial score (nSPS) is 14.9. The monoisotopic (exact) mass is 320 g/mol. The van der Waals surface area contributed by atoms with Crippen LogP contribution in [0.25, 0.3) is 0 Å². The molecule has 0 spiro atoms. The number of nitrogens with zero attached hydrogens (tertiary/aromatic N) is 2. The van der Waals surface area contributed by atoms with Gasteiger partial charge in [-0.2, -0.15) is 0 Å². The summed E-state index contributed by atoms with van der Waals surface area (Å²) in [6.45, 7) is 2.74. The van der Waals surface area contributed by atoms with Gasteiger partial charge in [-0.25, -0.2) is 4.98 Å². The van der Waals surface area contributed by atoms with Gasteiger partial charge >= 0.3 is 0 Å². The van der Waals surface area contributed by atoms with Crippen LogP contribution in [0.4, 0.5) is 5.82 Å². The van der Waals surface area contributed by atoms with Gasteiger partial charge in [0, 0.05) is 18.6 Å². The number of likely N-dealkylation sites (N-methyl/N-ethyl adjacent to an activating group) is 1. The molecule has 1 atom stereocenters. The van der Waals surface area contributed by atoms with E-state index in [0.29, 0.717) is 30.1 Å². The summed E-state index contributed by atoms with van der Waals surface area (Å²) in [7, 11) is 2.10. The Balaban J connectivity index is 0.00000180. The van der Waals surface area contributed by atoms with E-state index >= 15 is 0 Å². The average Bonchev–Trinajstić information content (AvgIpc) is 3.18. The van der Waals surface area contributed by atoms with Crippen molar-refractivity contribution in [2.45, 2.75) is 31.8 Å². The number of halogens is 2. The highest BCUT2D eigenvalue weighted by atomic mass is 35.5. The number of carbonyl (C=O) groups is 1. The molecular weight excluding hydrogens is 299 g/mol. The first kappa shape index (κ1) is 19.0. The molecule has 1 saturated carbocycles. The fraction of sp³-hybridized carbons (Fsp3) is 0.538. The second-order valence-electron chi connectivity index (χ2n) is 4.90. The molecule has 1 aliphatic carbocycles. The van der Waals surface area contributed by atoms with E-state index < -0.39 is 0 Å². The minimum Gasteiger partial charge on any atom is -0.384 e. The number of nitrogens with one attached hydrogen (secondary N) is 1. The minimum atomic E-state index is -0.168. The van der Waals surface area contributed by atoms with E-state index in [1.54, 1.807) is 18.2 Å². The van der Waals surface area contributed by atoms with Crippen molar-refractivity contribution >= 4 is 36.5 Å². The zero-order valence-corrected chi connectivity index (χ0v) is 13.3. The third-order valence-electron chi connectivity index (χ3n) is 3.38. The highest BCUT2D eigenvalue weighted by Gasteiger charge is 2.29. The molecule has 0 radical (unpaired) electrons. The van der Waals surface area contributed by atoms with Crippen LogP contribution < -0.4 is 11.1 Å². The van der Waals surface area contributed by atoms with Crippen molar-refractivity contribution in [1.29, 1.82) is 0 Å². The lowest BCUT2D eigenvalue weighted by molar-refractivity contribution is 0.0934. The minimum absolute atomic E-state index is 0. The molecule has 1 amide bonds. The Bertz CT molecular complexity index is 440. The van der Waals surface area contributed by atoms with Crippen molar-refractivity contribution in [1.82, 2.24) is 15.2 Å². The Kier molecular flexibility index (Phi) is 7.86. The molecule has 3 N–H and O–H groups in total. The van der Waals surface area contributed by atoms with Gasteiger partial charge in [0.15, 0.2) is 0 Å². The summed E-state index contributed by atoms with van der Waals surface area (Å²) in [4.78, 5) is 18.2. The van der Waals surface area contributed by atoms with Crippen molar-refractivity contribution in [3.8, 4) is 0 Å². The van der Waals surface area contributed by atoms with Crippen LogP contribution in [0.15, 0.2) is 18.2 Å². The Morgan fingerprint density at radius 2 is 2.15 bits per heavy atom. The van der Waals surface area contributed by atoms with Crippen LogP contribution in [0.3, 0.4) is 0 Å². The molecule has 20 heavy (non-hydrogen) atoms. The van der Waals surface area contributed by atoms with Crippen LogP contribution in [-0.2, 0) is 0 Å². The summed E-state index contributed by atoms with van der Waals surface area (Å²) < 4.78 is 0. The summed E-state index contributed by atoms with van der Waals surface area (Å²) in [5.74, 6) is 0.198. The van der Waals surface area contributed by atoms with E-state index in [0.717, 1.165) is 0 Å². The van der Waals surface area contributed by atoms with Gasteiger partial charge in [0.05, 0.1) is 0 Å². The maximum atomic E-state index is 11.9. The van der Waals surface area contributed by atoms with Gasteiger partial charge in [0.2, 0.25) is 0 Å². The molecule has 5 nitrogen and oxygen atoms in total. The predicted molar refractivity (Wildman–Crippen MR) is 85.7 cm³/mol. The molecule has 0 aliphatic heterocycles. The summed E-state index contributed by atoms with van der Waals surface area (Å²) >= 11 is 0. The summed E-state index contributed by atoms with van der Waals surface area (Å²) in [5.41, 5.74) is 5.92. The second kappa shape index (κ2) is 8.29. The molecular formula is C13H22Cl2N4O. The highest BCUT2D eigenvalue weighted by Crippen LogP contribution is 2.26. The molecule has 0 saturated heterocycles. The van der Waals surface area contributed by atoms with Gasteiger partial charge < -0.3 is 11.1 Å². The van der Waals surface area contributed by atoms with Crippen LogP contribution in [0.1, 0.15) is 30.3 Å². The quantitative estimate of drug-likeness (QED) is 0.866. The molecule has 1 fully saturated rings. The van der Waals surface area contributed by atoms with E-state index in [2.05, 4.69) is 29.2 Å². The van der Waals surface area contributed by atoms with Gasteiger partial charge in [-0.05, 0) is 38.9 Å². The number of rotatable bonds is 5. The number of anilines is 1. The lowest BCUT2D eigenvalue weighted by atomic mass is 10.2. The van der Waals surface area contributed by atoms with E-state index in [1.807, 2.05) is 0 Å².